The van der Waals surface area contributed by atoms with Gasteiger partial charge >= 0.3 is 0 Å². The lowest BCUT2D eigenvalue weighted by Crippen LogP contribution is -2.53. The van der Waals surface area contributed by atoms with Crippen LogP contribution in [0.4, 0.5) is 5.69 Å². The lowest BCUT2D eigenvalue weighted by molar-refractivity contribution is -0.142. The predicted octanol–water partition coefficient (Wildman–Crippen LogP) is 1.04. The minimum Gasteiger partial charge on any atom is -0.370 e. The molecule has 2 saturated heterocycles. The first kappa shape index (κ1) is 19.8. The number of carbonyl (C=O) groups is 4. The first-order valence-corrected chi connectivity index (χ1v) is 10.1. The van der Waals surface area contributed by atoms with E-state index in [1.165, 1.54) is 4.90 Å². The molecule has 1 aromatic carbocycles. The molecule has 0 aliphatic carbocycles. The Morgan fingerprint density at radius 3 is 2.66 bits per heavy atom. The van der Waals surface area contributed by atoms with Crippen LogP contribution in [0.1, 0.15) is 37.3 Å². The molecule has 4 amide bonds. The van der Waals surface area contributed by atoms with Gasteiger partial charge in [0.05, 0.1) is 11.8 Å². The zero-order chi connectivity index (χ0) is 21.1. The van der Waals surface area contributed by atoms with Gasteiger partial charge in [-0.1, -0.05) is 24.9 Å². The number of halogens is 1. The molecule has 2 fully saturated rings. The van der Waals surface area contributed by atoms with E-state index in [0.717, 1.165) is 12.0 Å². The first-order valence-electron chi connectivity index (χ1n) is 9.75. The van der Waals surface area contributed by atoms with E-state index < -0.39 is 41.1 Å². The lowest BCUT2D eigenvalue weighted by atomic mass is 9.76. The number of anilines is 1. The number of hydrogen-bond acceptors (Lipinski definition) is 5. The number of fused-ring (bicyclic) bond motifs is 4. The number of aryl methyl sites for hydroxylation is 1. The SMILES string of the molecule is CCCCN1C(=O)C2C(CC(N)=O)NC3(C(=O)Nc4c(C)cc(Cl)cc43)C2C1=O. The summed E-state index contributed by atoms with van der Waals surface area (Å²) in [6.07, 6.45) is 1.34. The van der Waals surface area contributed by atoms with Crippen LogP contribution in [-0.4, -0.2) is 41.1 Å². The van der Waals surface area contributed by atoms with Gasteiger partial charge in [0, 0.05) is 35.3 Å². The van der Waals surface area contributed by atoms with Crippen molar-refractivity contribution in [1.29, 1.82) is 0 Å². The number of nitrogens with two attached hydrogens (primary N) is 1. The maximum Gasteiger partial charge on any atom is 0.250 e. The molecule has 0 bridgehead atoms. The average Bonchev–Trinajstić information content (AvgIpc) is 3.20. The van der Waals surface area contributed by atoms with Gasteiger partial charge in [-0.25, -0.2) is 0 Å². The quantitative estimate of drug-likeness (QED) is 0.617. The summed E-state index contributed by atoms with van der Waals surface area (Å²) >= 11 is 6.26. The van der Waals surface area contributed by atoms with Gasteiger partial charge in [0.1, 0.15) is 5.54 Å². The summed E-state index contributed by atoms with van der Waals surface area (Å²) in [6, 6.07) is 2.66. The van der Waals surface area contributed by atoms with E-state index in [0.29, 0.717) is 29.2 Å². The minimum atomic E-state index is -1.45. The highest BCUT2D eigenvalue weighted by molar-refractivity contribution is 6.31. The number of hydrogen-bond donors (Lipinski definition) is 3. The van der Waals surface area contributed by atoms with Gasteiger partial charge in [0.25, 0.3) is 0 Å². The van der Waals surface area contributed by atoms with Crippen molar-refractivity contribution in [2.45, 2.75) is 44.7 Å². The summed E-state index contributed by atoms with van der Waals surface area (Å²) in [5, 5.41) is 6.43. The molecule has 9 heteroatoms. The average molecular weight is 419 g/mol. The second-order valence-corrected chi connectivity index (χ2v) is 8.45. The maximum atomic E-state index is 13.4. The molecule has 0 saturated carbocycles. The topological polar surface area (TPSA) is 122 Å². The zero-order valence-corrected chi connectivity index (χ0v) is 17.0. The van der Waals surface area contributed by atoms with E-state index in [1.54, 1.807) is 12.1 Å². The van der Waals surface area contributed by atoms with Crippen molar-refractivity contribution < 1.29 is 19.2 Å². The van der Waals surface area contributed by atoms with E-state index >= 15 is 0 Å². The summed E-state index contributed by atoms with van der Waals surface area (Å²) in [4.78, 5) is 52.7. The van der Waals surface area contributed by atoms with Gasteiger partial charge in [-0.15, -0.1) is 0 Å². The number of primary amides is 1. The number of nitrogens with one attached hydrogen (secondary N) is 2. The Hall–Kier alpha value is -2.45. The monoisotopic (exact) mass is 418 g/mol. The molecule has 4 unspecified atom stereocenters. The Bertz CT molecular complexity index is 949. The van der Waals surface area contributed by atoms with Crippen LogP contribution >= 0.6 is 11.6 Å². The molecule has 1 spiro atoms. The predicted molar refractivity (Wildman–Crippen MR) is 106 cm³/mol. The third kappa shape index (κ3) is 2.69. The van der Waals surface area contributed by atoms with Crippen molar-refractivity contribution in [3.05, 3.63) is 28.3 Å². The number of nitrogens with zero attached hydrogens (tertiary/aromatic N) is 1. The lowest BCUT2D eigenvalue weighted by Gasteiger charge is -2.29. The summed E-state index contributed by atoms with van der Waals surface area (Å²) in [5.41, 5.74) is 5.82. The van der Waals surface area contributed by atoms with Crippen LogP contribution in [-0.2, 0) is 24.7 Å². The van der Waals surface area contributed by atoms with Crippen LogP contribution in [0.2, 0.25) is 5.02 Å². The minimum absolute atomic E-state index is 0.147. The maximum absolute atomic E-state index is 13.4. The number of likely N-dealkylation sites (tertiary alicyclic amines) is 1. The highest BCUT2D eigenvalue weighted by atomic mass is 35.5. The molecule has 4 N–H and O–H groups in total. The molecule has 1 aromatic rings. The molecule has 8 nitrogen and oxygen atoms in total. The van der Waals surface area contributed by atoms with Crippen molar-refractivity contribution in [3.8, 4) is 0 Å². The number of benzene rings is 1. The summed E-state index contributed by atoms with van der Waals surface area (Å²) in [7, 11) is 0. The number of unbranched alkanes of at least 4 members (excludes halogenated alkanes) is 1. The second-order valence-electron chi connectivity index (χ2n) is 8.01. The Morgan fingerprint density at radius 1 is 1.28 bits per heavy atom. The van der Waals surface area contributed by atoms with Gasteiger partial charge in [0.2, 0.25) is 23.6 Å². The van der Waals surface area contributed by atoms with E-state index in [1.807, 2.05) is 13.8 Å². The fraction of sp³-hybridized carbons (Fsp3) is 0.500. The molecule has 3 aliphatic rings. The van der Waals surface area contributed by atoms with E-state index in [9.17, 15) is 19.2 Å². The van der Waals surface area contributed by atoms with E-state index in [4.69, 9.17) is 17.3 Å². The number of rotatable bonds is 5. The molecule has 4 atom stereocenters. The molecular formula is C20H23ClN4O4. The number of amides is 4. The van der Waals surface area contributed by atoms with Gasteiger partial charge in [0.15, 0.2) is 0 Å². The molecular weight excluding hydrogens is 396 g/mol. The van der Waals surface area contributed by atoms with Crippen LogP contribution in [0.25, 0.3) is 0 Å². The Morgan fingerprint density at radius 2 is 2.00 bits per heavy atom. The number of imide groups is 1. The normalized spacial score (nSPS) is 30.1. The van der Waals surface area contributed by atoms with Gasteiger partial charge in [-0.05, 0) is 31.0 Å². The van der Waals surface area contributed by atoms with Crippen molar-refractivity contribution >= 4 is 40.9 Å². The van der Waals surface area contributed by atoms with Crippen molar-refractivity contribution in [2.24, 2.45) is 17.6 Å². The van der Waals surface area contributed by atoms with Crippen LogP contribution in [0.15, 0.2) is 12.1 Å². The number of carbonyl (C=O) groups excluding carboxylic acids is 4. The molecule has 0 radical (unpaired) electrons. The van der Waals surface area contributed by atoms with Crippen molar-refractivity contribution in [2.75, 3.05) is 11.9 Å². The highest BCUT2D eigenvalue weighted by Crippen LogP contribution is 2.54. The van der Waals surface area contributed by atoms with Crippen molar-refractivity contribution in [1.82, 2.24) is 10.2 Å². The Kier molecular flexibility index (Phi) is 4.66. The fourth-order valence-corrected chi connectivity index (χ4v) is 5.29. The first-order chi connectivity index (χ1) is 13.7. The standard InChI is InChI=1S/C20H23ClN4O4/c1-3-4-5-25-17(27)14-12(8-13(22)26)24-20(15(14)18(25)28)11-7-10(21)6-9(2)16(11)23-19(20)29/h6-7,12,14-15,24H,3-5,8H2,1-2H3,(H2,22,26)(H,23,29). The molecule has 3 aliphatic heterocycles. The summed E-state index contributed by atoms with van der Waals surface area (Å²) in [6.45, 7) is 4.08. The second kappa shape index (κ2) is 6.81. The molecule has 3 heterocycles. The smallest absolute Gasteiger partial charge is 0.250 e. The highest BCUT2D eigenvalue weighted by Gasteiger charge is 2.70. The Labute approximate surface area is 173 Å². The largest absolute Gasteiger partial charge is 0.370 e. The van der Waals surface area contributed by atoms with E-state index in [-0.39, 0.29) is 12.3 Å². The van der Waals surface area contributed by atoms with E-state index in [2.05, 4.69) is 10.6 Å². The summed E-state index contributed by atoms with van der Waals surface area (Å²) in [5.74, 6) is -3.56. The molecule has 4 rings (SSSR count). The van der Waals surface area contributed by atoms with Crippen LogP contribution in [0, 0.1) is 18.8 Å². The van der Waals surface area contributed by atoms with Gasteiger partial charge in [-0.3, -0.25) is 29.4 Å². The molecule has 154 valence electrons. The van der Waals surface area contributed by atoms with Crippen molar-refractivity contribution in [3.63, 3.8) is 0 Å². The van der Waals surface area contributed by atoms with Crippen LogP contribution < -0.4 is 16.4 Å². The Balaban J connectivity index is 1.87. The van der Waals surface area contributed by atoms with Gasteiger partial charge < -0.3 is 11.1 Å². The van der Waals surface area contributed by atoms with Gasteiger partial charge in [-0.2, -0.15) is 0 Å². The fourth-order valence-electron chi connectivity index (χ4n) is 5.02. The molecule has 0 aromatic heterocycles. The third-order valence-electron chi connectivity index (χ3n) is 6.23. The zero-order valence-electron chi connectivity index (χ0n) is 16.3. The van der Waals surface area contributed by atoms with Crippen LogP contribution in [0.5, 0.6) is 0 Å². The van der Waals surface area contributed by atoms with Crippen LogP contribution in [0.3, 0.4) is 0 Å². The third-order valence-corrected chi connectivity index (χ3v) is 6.45. The molecule has 29 heavy (non-hydrogen) atoms. The summed E-state index contributed by atoms with van der Waals surface area (Å²) < 4.78 is 0.